The van der Waals surface area contributed by atoms with Crippen LogP contribution in [0.25, 0.3) is 0 Å². The van der Waals surface area contributed by atoms with Gasteiger partial charge < -0.3 is 10.1 Å². The van der Waals surface area contributed by atoms with Crippen molar-refractivity contribution >= 4 is 17.7 Å². The number of rotatable bonds is 11. The Hall–Kier alpha value is -0.220. The molecule has 0 fully saturated rings. The zero-order valence-electron chi connectivity index (χ0n) is 11.5. The number of nitrogens with one attached hydrogen (secondary N) is 1. The minimum atomic E-state index is -0.126. The van der Waals surface area contributed by atoms with Crippen molar-refractivity contribution < 1.29 is 9.53 Å². The molecule has 1 N–H and O–H groups in total. The van der Waals surface area contributed by atoms with E-state index in [0.29, 0.717) is 6.61 Å². The molecule has 0 bridgehead atoms. The van der Waals surface area contributed by atoms with Gasteiger partial charge in [0.05, 0.1) is 6.61 Å². The number of esters is 1. The summed E-state index contributed by atoms with van der Waals surface area (Å²) >= 11 is 1.94. The molecule has 0 saturated heterocycles. The van der Waals surface area contributed by atoms with Crippen LogP contribution in [-0.4, -0.2) is 36.7 Å². The normalized spacial score (nSPS) is 12.4. The molecule has 0 heterocycles. The first kappa shape index (κ1) is 16.8. The van der Waals surface area contributed by atoms with Crippen molar-refractivity contribution in [2.45, 2.75) is 52.5 Å². The second kappa shape index (κ2) is 12.2. The first-order valence-corrected chi connectivity index (χ1v) is 7.89. The molecule has 0 aromatic rings. The monoisotopic (exact) mass is 261 g/mol. The van der Waals surface area contributed by atoms with Crippen LogP contribution < -0.4 is 5.32 Å². The molecule has 0 spiro atoms. The largest absolute Gasteiger partial charge is 0.465 e. The van der Waals surface area contributed by atoms with Gasteiger partial charge in [-0.25, -0.2) is 0 Å². The lowest BCUT2D eigenvalue weighted by atomic mass is 10.2. The summed E-state index contributed by atoms with van der Waals surface area (Å²) in [6, 6.07) is -0.126. The molecule has 4 heteroatoms. The van der Waals surface area contributed by atoms with Gasteiger partial charge in [-0.3, -0.25) is 4.79 Å². The second-order valence-electron chi connectivity index (χ2n) is 3.97. The predicted octanol–water partition coefficient (Wildman–Crippen LogP) is 2.84. The average molecular weight is 261 g/mol. The van der Waals surface area contributed by atoms with Crippen LogP contribution >= 0.6 is 11.8 Å². The summed E-state index contributed by atoms with van der Waals surface area (Å²) < 4.78 is 5.04. The van der Waals surface area contributed by atoms with Crippen LogP contribution in [-0.2, 0) is 9.53 Å². The molecule has 0 aliphatic heterocycles. The second-order valence-corrected chi connectivity index (χ2v) is 5.20. The average Bonchev–Trinajstić information content (AvgIpc) is 2.32. The molecule has 3 nitrogen and oxygen atoms in total. The van der Waals surface area contributed by atoms with E-state index in [2.05, 4.69) is 12.2 Å². The molecule has 0 aliphatic rings. The van der Waals surface area contributed by atoms with Crippen molar-refractivity contribution in [1.82, 2.24) is 5.32 Å². The molecule has 0 rings (SSSR count). The van der Waals surface area contributed by atoms with E-state index in [1.54, 1.807) is 0 Å². The molecule has 0 radical (unpaired) electrons. The third kappa shape index (κ3) is 9.48. The smallest absolute Gasteiger partial charge is 0.323 e. The maximum absolute atomic E-state index is 11.6. The number of hydrogen-bond donors (Lipinski definition) is 1. The van der Waals surface area contributed by atoms with Gasteiger partial charge in [0.1, 0.15) is 6.04 Å². The number of thioether (sulfide) groups is 1. The standard InChI is InChI=1S/C13H27NO2S/c1-4-7-8-10-17-11-9-12(14-5-2)13(15)16-6-3/h12,14H,4-11H2,1-3H3. The van der Waals surface area contributed by atoms with E-state index < -0.39 is 0 Å². The van der Waals surface area contributed by atoms with Crippen LogP contribution in [0.5, 0.6) is 0 Å². The van der Waals surface area contributed by atoms with Gasteiger partial charge in [-0.05, 0) is 37.8 Å². The molecular weight excluding hydrogens is 234 g/mol. The van der Waals surface area contributed by atoms with Crippen LogP contribution in [0.4, 0.5) is 0 Å². The first-order chi connectivity index (χ1) is 8.26. The summed E-state index contributed by atoms with van der Waals surface area (Å²) in [5.74, 6) is 2.12. The topological polar surface area (TPSA) is 38.3 Å². The Morgan fingerprint density at radius 3 is 2.59 bits per heavy atom. The van der Waals surface area contributed by atoms with E-state index in [1.807, 2.05) is 25.6 Å². The number of ether oxygens (including phenoxy) is 1. The van der Waals surface area contributed by atoms with Crippen molar-refractivity contribution in [3.8, 4) is 0 Å². The number of likely N-dealkylation sites (N-methyl/N-ethyl adjacent to an activating group) is 1. The SMILES string of the molecule is CCCCCSCCC(NCC)C(=O)OCC. The lowest BCUT2D eigenvalue weighted by molar-refractivity contribution is -0.145. The number of carbonyl (C=O) groups is 1. The Balaban J connectivity index is 3.65. The van der Waals surface area contributed by atoms with Gasteiger partial charge in [0, 0.05) is 0 Å². The Morgan fingerprint density at radius 1 is 1.24 bits per heavy atom. The molecule has 102 valence electrons. The summed E-state index contributed by atoms with van der Waals surface area (Å²) in [5.41, 5.74) is 0. The quantitative estimate of drug-likeness (QED) is 0.458. The summed E-state index contributed by atoms with van der Waals surface area (Å²) in [4.78, 5) is 11.6. The van der Waals surface area contributed by atoms with Gasteiger partial charge in [-0.1, -0.05) is 26.7 Å². The summed E-state index contributed by atoms with van der Waals surface area (Å²) in [7, 11) is 0. The van der Waals surface area contributed by atoms with Gasteiger partial charge in [-0.15, -0.1) is 0 Å². The maximum Gasteiger partial charge on any atom is 0.323 e. The molecule has 1 unspecified atom stereocenters. The van der Waals surface area contributed by atoms with Gasteiger partial charge in [0.15, 0.2) is 0 Å². The fourth-order valence-corrected chi connectivity index (χ4v) is 2.56. The highest BCUT2D eigenvalue weighted by Crippen LogP contribution is 2.09. The number of carbonyl (C=O) groups excluding carboxylic acids is 1. The van der Waals surface area contributed by atoms with Crippen LogP contribution in [0.2, 0.25) is 0 Å². The molecule has 0 amide bonds. The lowest BCUT2D eigenvalue weighted by Gasteiger charge is -2.15. The van der Waals surface area contributed by atoms with Crippen molar-refractivity contribution in [1.29, 1.82) is 0 Å². The maximum atomic E-state index is 11.6. The Bertz CT molecular complexity index is 188. The number of hydrogen-bond acceptors (Lipinski definition) is 4. The highest BCUT2D eigenvalue weighted by molar-refractivity contribution is 7.99. The zero-order valence-corrected chi connectivity index (χ0v) is 12.3. The highest BCUT2D eigenvalue weighted by atomic mass is 32.2. The van der Waals surface area contributed by atoms with E-state index in [9.17, 15) is 4.79 Å². The van der Waals surface area contributed by atoms with Gasteiger partial charge in [0.25, 0.3) is 0 Å². The minimum absolute atomic E-state index is 0.108. The summed E-state index contributed by atoms with van der Waals surface area (Å²) in [6.07, 6.45) is 4.72. The molecule has 0 aromatic carbocycles. The van der Waals surface area contributed by atoms with Crippen molar-refractivity contribution in [2.24, 2.45) is 0 Å². The molecule has 17 heavy (non-hydrogen) atoms. The van der Waals surface area contributed by atoms with Crippen LogP contribution in [0.3, 0.4) is 0 Å². The van der Waals surface area contributed by atoms with Crippen molar-refractivity contribution in [3.05, 3.63) is 0 Å². The zero-order chi connectivity index (χ0) is 12.9. The van der Waals surface area contributed by atoms with E-state index in [1.165, 1.54) is 25.0 Å². The summed E-state index contributed by atoms with van der Waals surface area (Å²) in [6.45, 7) is 7.35. The Morgan fingerprint density at radius 2 is 2.00 bits per heavy atom. The third-order valence-corrected chi connectivity index (χ3v) is 3.57. The Kier molecular flexibility index (Phi) is 12.1. The summed E-state index contributed by atoms with van der Waals surface area (Å²) in [5, 5.41) is 3.18. The van der Waals surface area contributed by atoms with E-state index in [0.717, 1.165) is 18.7 Å². The van der Waals surface area contributed by atoms with E-state index >= 15 is 0 Å². The predicted molar refractivity (Wildman–Crippen MR) is 75.6 cm³/mol. The molecule has 0 aliphatic carbocycles. The molecule has 0 saturated carbocycles. The van der Waals surface area contributed by atoms with Gasteiger partial charge in [-0.2, -0.15) is 11.8 Å². The van der Waals surface area contributed by atoms with Gasteiger partial charge in [0.2, 0.25) is 0 Å². The molecule has 0 aromatic heterocycles. The van der Waals surface area contributed by atoms with E-state index in [-0.39, 0.29) is 12.0 Å². The van der Waals surface area contributed by atoms with Crippen LogP contribution in [0.15, 0.2) is 0 Å². The number of unbranched alkanes of at least 4 members (excludes halogenated alkanes) is 2. The molecular formula is C13H27NO2S. The van der Waals surface area contributed by atoms with Crippen LogP contribution in [0.1, 0.15) is 46.5 Å². The minimum Gasteiger partial charge on any atom is -0.465 e. The fourth-order valence-electron chi connectivity index (χ4n) is 1.55. The van der Waals surface area contributed by atoms with E-state index in [4.69, 9.17) is 4.74 Å². The Labute approximate surface area is 110 Å². The molecule has 1 atom stereocenters. The van der Waals surface area contributed by atoms with Crippen molar-refractivity contribution in [3.63, 3.8) is 0 Å². The fraction of sp³-hybridized carbons (Fsp3) is 0.923. The first-order valence-electron chi connectivity index (χ1n) is 6.73. The van der Waals surface area contributed by atoms with Gasteiger partial charge >= 0.3 is 5.97 Å². The highest BCUT2D eigenvalue weighted by Gasteiger charge is 2.17. The van der Waals surface area contributed by atoms with Crippen LogP contribution in [0, 0.1) is 0 Å². The van der Waals surface area contributed by atoms with Crippen molar-refractivity contribution in [2.75, 3.05) is 24.7 Å². The third-order valence-electron chi connectivity index (χ3n) is 2.46. The lowest BCUT2D eigenvalue weighted by Crippen LogP contribution is -2.38.